The summed E-state index contributed by atoms with van der Waals surface area (Å²) < 4.78 is 10.6. The first-order valence-corrected chi connectivity index (χ1v) is 6.66. The zero-order chi connectivity index (χ0) is 8.04. The molecule has 0 aliphatic carbocycles. The quantitative estimate of drug-likeness (QED) is 0.460. The largest absolute Gasteiger partial charge is 0.398 e. The van der Waals surface area contributed by atoms with Crippen molar-refractivity contribution < 1.29 is 8.85 Å². The van der Waals surface area contributed by atoms with Crippen molar-refractivity contribution in [1.82, 2.24) is 0 Å². The zero-order valence-corrected chi connectivity index (χ0v) is 8.94. The highest BCUT2D eigenvalue weighted by Gasteiger charge is 2.27. The maximum Gasteiger partial charge on any atom is 0.334 e. The Hall–Kier alpha value is 0.487. The van der Waals surface area contributed by atoms with Crippen molar-refractivity contribution in [3.8, 4) is 0 Å². The van der Waals surface area contributed by atoms with Gasteiger partial charge in [0.05, 0.1) is 0 Å². The van der Waals surface area contributed by atoms with Gasteiger partial charge in [0.25, 0.3) is 0 Å². The molecule has 0 radical (unpaired) electrons. The van der Waals surface area contributed by atoms with Gasteiger partial charge in [0.2, 0.25) is 0 Å². The number of rotatable bonds is 5. The lowest BCUT2D eigenvalue weighted by molar-refractivity contribution is 0.249. The molecule has 0 amide bonds. The van der Waals surface area contributed by atoms with Crippen LogP contribution in [0.1, 0.15) is 6.42 Å². The van der Waals surface area contributed by atoms with Gasteiger partial charge in [0.1, 0.15) is 5.75 Å². The Balaban J connectivity index is 3.58. The Bertz CT molecular complexity index is 85.8. The molecule has 0 fully saturated rings. The molecule has 62 valence electrons. The van der Waals surface area contributed by atoms with Crippen molar-refractivity contribution in [2.45, 2.75) is 19.0 Å². The van der Waals surface area contributed by atoms with E-state index in [-0.39, 0.29) is 0 Å². The van der Waals surface area contributed by atoms with Crippen molar-refractivity contribution in [2.75, 3.05) is 20.0 Å². The van der Waals surface area contributed by atoms with Crippen LogP contribution < -0.4 is 0 Å². The zero-order valence-electron chi connectivity index (χ0n) is 6.94. The van der Waals surface area contributed by atoms with Gasteiger partial charge in [0.15, 0.2) is 0 Å². The molecule has 0 N–H and O–H groups in total. The Kier molecular flexibility index (Phi) is 5.43. The van der Waals surface area contributed by atoms with Gasteiger partial charge >= 0.3 is 8.56 Å². The Morgan fingerprint density at radius 1 is 1.30 bits per heavy atom. The molecule has 0 aromatic rings. The summed E-state index contributed by atoms with van der Waals surface area (Å²) in [6, 6.07) is 1.06. The van der Waals surface area contributed by atoms with E-state index in [2.05, 4.69) is 19.2 Å². The summed E-state index contributed by atoms with van der Waals surface area (Å²) in [5.74, 6) is 1.02. The summed E-state index contributed by atoms with van der Waals surface area (Å²) in [6.07, 6.45) is 1.13. The van der Waals surface area contributed by atoms with Crippen LogP contribution in [0.3, 0.4) is 0 Å². The van der Waals surface area contributed by atoms with Crippen molar-refractivity contribution in [1.29, 1.82) is 0 Å². The molecule has 0 aliphatic heterocycles. The highest BCUT2D eigenvalue weighted by molar-refractivity contribution is 7.58. The third kappa shape index (κ3) is 3.61. The van der Waals surface area contributed by atoms with Crippen LogP contribution in [0.25, 0.3) is 0 Å². The summed E-state index contributed by atoms with van der Waals surface area (Å²) in [5, 5.41) is 0. The topological polar surface area (TPSA) is 18.5 Å². The van der Waals surface area contributed by atoms with Gasteiger partial charge in [-0.3, -0.25) is 0 Å². The van der Waals surface area contributed by atoms with Crippen LogP contribution in [-0.4, -0.2) is 28.5 Å². The Morgan fingerprint density at radius 2 is 1.80 bits per heavy atom. The highest BCUT2D eigenvalue weighted by atomic mass is 32.1. The van der Waals surface area contributed by atoms with Crippen LogP contribution in [0, 0.1) is 0 Å². The summed E-state index contributed by atoms with van der Waals surface area (Å²) in [7, 11) is 1.70. The molecule has 0 saturated carbocycles. The van der Waals surface area contributed by atoms with E-state index >= 15 is 0 Å². The molecule has 0 saturated heterocycles. The smallest absolute Gasteiger partial charge is 0.334 e. The average Bonchev–Trinajstić information content (AvgIpc) is 2.00. The molecule has 0 aromatic carbocycles. The summed E-state index contributed by atoms with van der Waals surface area (Å²) in [6.45, 7) is 2.08. The summed E-state index contributed by atoms with van der Waals surface area (Å²) >= 11 is 3.42. The van der Waals surface area contributed by atoms with Gasteiger partial charge in [-0.25, -0.2) is 0 Å². The Labute approximate surface area is 69.6 Å². The second kappa shape index (κ2) is 5.18. The fraction of sp³-hybridized carbons (Fsp3) is 1.00. The van der Waals surface area contributed by atoms with Gasteiger partial charge in [-0.15, -0.1) is 0 Å². The summed E-state index contributed by atoms with van der Waals surface area (Å²) in [4.78, 5) is 0. The molecule has 0 unspecified atom stereocenters. The molecule has 0 aromatic heterocycles. The van der Waals surface area contributed by atoms with Crippen LogP contribution in [0.15, 0.2) is 0 Å². The number of hydrogen-bond donors (Lipinski definition) is 0. The summed E-state index contributed by atoms with van der Waals surface area (Å²) in [5.41, 5.74) is 0. The SMILES string of the molecule is CO[Si](C)(CCC[SH2+])OC. The lowest BCUT2D eigenvalue weighted by Gasteiger charge is -2.21. The monoisotopic (exact) mass is 181 g/mol. The first-order valence-electron chi connectivity index (χ1n) is 3.43. The second-order valence-electron chi connectivity index (χ2n) is 2.40. The van der Waals surface area contributed by atoms with E-state index in [1.165, 1.54) is 0 Å². The standard InChI is InChI=1S/C6H16O2SSi/c1-7-10(3,8-2)6-4-5-9/h9H,4-6H2,1-3H3/p+1. The van der Waals surface area contributed by atoms with Gasteiger partial charge < -0.3 is 8.85 Å². The molecule has 0 rings (SSSR count). The van der Waals surface area contributed by atoms with Crippen LogP contribution in [0.5, 0.6) is 0 Å². The van der Waals surface area contributed by atoms with Crippen LogP contribution in [-0.2, 0) is 21.5 Å². The third-order valence-electron chi connectivity index (χ3n) is 1.67. The van der Waals surface area contributed by atoms with Crippen molar-refractivity contribution in [3.63, 3.8) is 0 Å². The molecular weight excluding hydrogens is 164 g/mol. The molecule has 10 heavy (non-hydrogen) atoms. The normalized spacial score (nSPS) is 12.0. The van der Waals surface area contributed by atoms with Gasteiger partial charge in [-0.05, 0) is 31.6 Å². The molecule has 0 heterocycles. The molecule has 0 aliphatic rings. The van der Waals surface area contributed by atoms with Crippen molar-refractivity contribution in [2.24, 2.45) is 0 Å². The maximum absolute atomic E-state index is 5.28. The van der Waals surface area contributed by atoms with E-state index in [0.29, 0.717) is 0 Å². The molecule has 0 atom stereocenters. The minimum Gasteiger partial charge on any atom is -0.398 e. The van der Waals surface area contributed by atoms with Crippen molar-refractivity contribution >= 4 is 21.2 Å². The first kappa shape index (κ1) is 10.5. The van der Waals surface area contributed by atoms with Gasteiger partial charge in [0, 0.05) is 14.2 Å². The minimum absolute atomic E-state index is 1.02. The van der Waals surface area contributed by atoms with Gasteiger partial charge in [-0.1, -0.05) is 0 Å². The van der Waals surface area contributed by atoms with Crippen LogP contribution in [0.2, 0.25) is 12.6 Å². The molecule has 0 bridgehead atoms. The average molecular weight is 181 g/mol. The number of hydrogen-bond acceptors (Lipinski definition) is 2. The Morgan fingerprint density at radius 3 is 2.10 bits per heavy atom. The molecule has 2 nitrogen and oxygen atoms in total. The second-order valence-corrected chi connectivity index (χ2v) is 6.48. The molecule has 0 spiro atoms. The predicted molar refractivity (Wildman–Crippen MR) is 50.1 cm³/mol. The lowest BCUT2D eigenvalue weighted by Crippen LogP contribution is -2.35. The molecule has 4 heteroatoms. The maximum atomic E-state index is 5.28. The minimum atomic E-state index is -1.75. The van der Waals surface area contributed by atoms with E-state index in [9.17, 15) is 0 Å². The highest BCUT2D eigenvalue weighted by Crippen LogP contribution is 2.12. The van der Waals surface area contributed by atoms with E-state index in [1.807, 2.05) is 0 Å². The van der Waals surface area contributed by atoms with E-state index in [1.54, 1.807) is 14.2 Å². The van der Waals surface area contributed by atoms with E-state index < -0.39 is 8.56 Å². The van der Waals surface area contributed by atoms with Crippen LogP contribution >= 0.6 is 0 Å². The fourth-order valence-corrected chi connectivity index (χ4v) is 2.62. The fourth-order valence-electron chi connectivity index (χ4n) is 0.697. The molecular formula is C6H17O2SSi+. The van der Waals surface area contributed by atoms with Crippen LogP contribution in [0.4, 0.5) is 0 Å². The van der Waals surface area contributed by atoms with Crippen molar-refractivity contribution in [3.05, 3.63) is 0 Å². The lowest BCUT2D eigenvalue weighted by atomic mass is 10.6. The van der Waals surface area contributed by atoms with Gasteiger partial charge in [-0.2, -0.15) is 0 Å². The van der Waals surface area contributed by atoms with E-state index in [4.69, 9.17) is 8.85 Å². The first-order chi connectivity index (χ1) is 4.68. The third-order valence-corrected chi connectivity index (χ3v) is 5.01. The van der Waals surface area contributed by atoms with E-state index in [0.717, 1.165) is 18.2 Å². The predicted octanol–water partition coefficient (Wildman–Crippen LogP) is 0.753.